The van der Waals surface area contributed by atoms with E-state index in [0.717, 1.165) is 13.1 Å². The second-order valence-electron chi connectivity index (χ2n) is 7.69. The molecule has 0 spiro atoms. The molecular formula is C23H25ClN3O4S2+. The van der Waals surface area contributed by atoms with E-state index in [1.807, 2.05) is 11.4 Å². The summed E-state index contributed by atoms with van der Waals surface area (Å²) in [6.07, 6.45) is 0. The number of carbonyl (C=O) groups is 1. The Bertz CT molecular complexity index is 1180. The van der Waals surface area contributed by atoms with Crippen molar-refractivity contribution in [2.45, 2.75) is 10.9 Å². The Morgan fingerprint density at radius 3 is 2.55 bits per heavy atom. The van der Waals surface area contributed by atoms with Crippen molar-refractivity contribution < 1.29 is 22.8 Å². The summed E-state index contributed by atoms with van der Waals surface area (Å²) in [7, 11) is -3.86. The highest BCUT2D eigenvalue weighted by atomic mass is 35.5. The first-order chi connectivity index (χ1) is 15.9. The topological polar surface area (TPSA) is 88.9 Å². The van der Waals surface area contributed by atoms with Crippen LogP contribution < -0.4 is 14.9 Å². The van der Waals surface area contributed by atoms with Crippen molar-refractivity contribution in [1.82, 2.24) is 5.32 Å². The largest absolute Gasteiger partial charge is 0.370 e. The first kappa shape index (κ1) is 23.7. The number of ether oxygens (including phenoxy) is 1. The lowest BCUT2D eigenvalue weighted by atomic mass is 10.1. The molecule has 1 aromatic heterocycles. The fourth-order valence-electron chi connectivity index (χ4n) is 3.75. The van der Waals surface area contributed by atoms with Gasteiger partial charge in [-0.15, -0.1) is 11.3 Å². The monoisotopic (exact) mass is 506 g/mol. The number of benzene rings is 2. The van der Waals surface area contributed by atoms with Gasteiger partial charge in [0.05, 0.1) is 29.5 Å². The van der Waals surface area contributed by atoms with Crippen LogP contribution in [0.5, 0.6) is 0 Å². The number of carbonyl (C=O) groups excluding carboxylic acids is 1. The molecule has 0 radical (unpaired) electrons. The molecule has 33 heavy (non-hydrogen) atoms. The first-order valence-corrected chi connectivity index (χ1v) is 13.3. The molecule has 1 fully saturated rings. The minimum atomic E-state index is -3.86. The van der Waals surface area contributed by atoms with Gasteiger partial charge in [0.15, 0.2) is 0 Å². The number of hydrogen-bond donors (Lipinski definition) is 3. The van der Waals surface area contributed by atoms with E-state index in [2.05, 4.69) is 16.1 Å². The summed E-state index contributed by atoms with van der Waals surface area (Å²) in [6, 6.07) is 16.6. The van der Waals surface area contributed by atoms with Crippen molar-refractivity contribution in [3.63, 3.8) is 0 Å². The summed E-state index contributed by atoms with van der Waals surface area (Å²) >= 11 is 7.53. The Morgan fingerprint density at radius 1 is 1.09 bits per heavy atom. The number of thiophene rings is 1. The predicted octanol–water partition coefficient (Wildman–Crippen LogP) is 2.59. The maximum Gasteiger partial charge on any atom is 0.261 e. The van der Waals surface area contributed by atoms with E-state index in [9.17, 15) is 13.2 Å². The molecule has 0 saturated carbocycles. The molecule has 1 atom stereocenters. The summed E-state index contributed by atoms with van der Waals surface area (Å²) < 4.78 is 33.6. The van der Waals surface area contributed by atoms with Gasteiger partial charge < -0.3 is 15.0 Å². The molecular weight excluding hydrogens is 482 g/mol. The van der Waals surface area contributed by atoms with Crippen molar-refractivity contribution in [1.29, 1.82) is 0 Å². The summed E-state index contributed by atoms with van der Waals surface area (Å²) in [5.74, 6) is -0.312. The van der Waals surface area contributed by atoms with Gasteiger partial charge in [-0.05, 0) is 53.9 Å². The predicted molar refractivity (Wildman–Crippen MR) is 130 cm³/mol. The number of morpholine rings is 1. The Kier molecular flexibility index (Phi) is 7.67. The Hall–Kier alpha value is -2.43. The number of rotatable bonds is 8. The molecule has 0 bridgehead atoms. The Labute approximate surface area is 202 Å². The van der Waals surface area contributed by atoms with E-state index in [-0.39, 0.29) is 22.4 Å². The lowest BCUT2D eigenvalue weighted by Gasteiger charge is -2.31. The molecule has 3 aromatic rings. The van der Waals surface area contributed by atoms with E-state index in [4.69, 9.17) is 16.3 Å². The highest BCUT2D eigenvalue weighted by Gasteiger charge is 2.28. The highest BCUT2D eigenvalue weighted by Crippen LogP contribution is 2.20. The van der Waals surface area contributed by atoms with Crippen molar-refractivity contribution >= 4 is 44.6 Å². The zero-order chi connectivity index (χ0) is 23.3. The van der Waals surface area contributed by atoms with Crippen LogP contribution in [0.2, 0.25) is 5.02 Å². The standard InChI is InChI=1S/C23H24ClN3O4S2/c24-18-6-8-19(9-7-18)26-33(29,30)20-4-1-3-17(15-20)23(28)25-16-21(22-5-2-14-32-22)27-10-12-31-13-11-27/h1-9,14-15,21,26H,10-13,16H2,(H,25,28)/p+1/t21-/m0/s1. The molecule has 1 aliphatic rings. The molecule has 174 valence electrons. The maximum absolute atomic E-state index is 12.9. The van der Waals surface area contributed by atoms with Gasteiger partial charge in [-0.3, -0.25) is 9.52 Å². The second-order valence-corrected chi connectivity index (χ2v) is 10.8. The molecule has 1 saturated heterocycles. The molecule has 7 nitrogen and oxygen atoms in total. The molecule has 4 rings (SSSR count). The van der Waals surface area contributed by atoms with Gasteiger partial charge in [0.1, 0.15) is 19.1 Å². The van der Waals surface area contributed by atoms with Crippen LogP contribution in [-0.4, -0.2) is 47.2 Å². The van der Waals surface area contributed by atoms with Gasteiger partial charge in [-0.2, -0.15) is 0 Å². The minimum Gasteiger partial charge on any atom is -0.370 e. The Morgan fingerprint density at radius 2 is 1.85 bits per heavy atom. The van der Waals surface area contributed by atoms with Crippen molar-refractivity contribution in [2.24, 2.45) is 0 Å². The number of amides is 1. The van der Waals surface area contributed by atoms with Gasteiger partial charge in [0.25, 0.3) is 15.9 Å². The second kappa shape index (κ2) is 10.7. The van der Waals surface area contributed by atoms with Crippen LogP contribution in [0.1, 0.15) is 21.3 Å². The maximum atomic E-state index is 12.9. The van der Waals surface area contributed by atoms with E-state index in [0.29, 0.717) is 30.5 Å². The van der Waals surface area contributed by atoms with E-state index >= 15 is 0 Å². The quantitative estimate of drug-likeness (QED) is 0.438. The highest BCUT2D eigenvalue weighted by molar-refractivity contribution is 7.92. The van der Waals surface area contributed by atoms with Crippen molar-refractivity contribution in [3.8, 4) is 0 Å². The molecule has 2 heterocycles. The van der Waals surface area contributed by atoms with Crippen LogP contribution in [0.4, 0.5) is 5.69 Å². The number of quaternary nitrogens is 1. The van der Waals surface area contributed by atoms with Crippen LogP contribution in [0.15, 0.2) is 70.9 Å². The zero-order valence-corrected chi connectivity index (χ0v) is 20.2. The smallest absolute Gasteiger partial charge is 0.261 e. The molecule has 1 aliphatic heterocycles. The summed E-state index contributed by atoms with van der Waals surface area (Å²) in [5.41, 5.74) is 0.678. The number of nitrogens with one attached hydrogen (secondary N) is 3. The summed E-state index contributed by atoms with van der Waals surface area (Å²) in [5, 5.41) is 5.54. The van der Waals surface area contributed by atoms with Crippen molar-refractivity contribution in [3.05, 3.63) is 81.5 Å². The van der Waals surface area contributed by atoms with Gasteiger partial charge in [0, 0.05) is 16.3 Å². The molecule has 3 N–H and O–H groups in total. The fourth-order valence-corrected chi connectivity index (χ4v) is 5.87. The minimum absolute atomic E-state index is 0.0127. The van der Waals surface area contributed by atoms with Crippen LogP contribution in [0.25, 0.3) is 0 Å². The van der Waals surface area contributed by atoms with Gasteiger partial charge in [0.2, 0.25) is 0 Å². The van der Waals surface area contributed by atoms with Crippen LogP contribution in [0, 0.1) is 0 Å². The average Bonchev–Trinajstić information content (AvgIpc) is 3.36. The fraction of sp³-hybridized carbons (Fsp3) is 0.261. The molecule has 1 amide bonds. The van der Waals surface area contributed by atoms with Crippen molar-refractivity contribution in [2.75, 3.05) is 37.6 Å². The normalized spacial score (nSPS) is 15.7. The van der Waals surface area contributed by atoms with E-state index in [1.54, 1.807) is 47.7 Å². The SMILES string of the molecule is O=C(NC[C@@H](c1cccs1)[NH+]1CCOCC1)c1cccc(S(=O)(=O)Nc2ccc(Cl)cc2)c1. The Balaban J connectivity index is 1.46. The summed E-state index contributed by atoms with van der Waals surface area (Å²) in [6.45, 7) is 3.61. The average molecular weight is 507 g/mol. The van der Waals surface area contributed by atoms with Gasteiger partial charge in [-0.1, -0.05) is 23.7 Å². The van der Waals surface area contributed by atoms with E-state index in [1.165, 1.54) is 21.9 Å². The third-order valence-corrected chi connectivity index (χ3v) is 8.10. The first-order valence-electron chi connectivity index (χ1n) is 10.5. The number of anilines is 1. The molecule has 2 aromatic carbocycles. The molecule has 10 heteroatoms. The van der Waals surface area contributed by atoms with Gasteiger partial charge >= 0.3 is 0 Å². The third-order valence-electron chi connectivity index (χ3n) is 5.48. The third kappa shape index (κ3) is 6.13. The molecule has 0 unspecified atom stereocenters. The van der Waals surface area contributed by atoms with Crippen LogP contribution in [0.3, 0.4) is 0 Å². The zero-order valence-electron chi connectivity index (χ0n) is 17.8. The number of halogens is 1. The lowest BCUT2D eigenvalue weighted by Crippen LogP contribution is -3.15. The number of sulfonamides is 1. The summed E-state index contributed by atoms with van der Waals surface area (Å²) in [4.78, 5) is 15.5. The molecule has 0 aliphatic carbocycles. The van der Waals surface area contributed by atoms with E-state index < -0.39 is 10.0 Å². The van der Waals surface area contributed by atoms with Crippen LogP contribution in [-0.2, 0) is 14.8 Å². The number of hydrogen-bond acceptors (Lipinski definition) is 5. The lowest BCUT2D eigenvalue weighted by molar-refractivity contribution is -0.937. The van der Waals surface area contributed by atoms with Crippen LogP contribution >= 0.6 is 22.9 Å². The van der Waals surface area contributed by atoms with Gasteiger partial charge in [-0.25, -0.2) is 8.42 Å².